The van der Waals surface area contributed by atoms with Gasteiger partial charge in [-0.1, -0.05) is 6.07 Å². The van der Waals surface area contributed by atoms with Gasteiger partial charge in [0.2, 0.25) is 17.7 Å². The van der Waals surface area contributed by atoms with Crippen molar-refractivity contribution in [3.05, 3.63) is 30.0 Å². The summed E-state index contributed by atoms with van der Waals surface area (Å²) in [6.45, 7) is 1.10. The summed E-state index contributed by atoms with van der Waals surface area (Å²) in [5.74, 6) is -0.854. The zero-order valence-corrected chi connectivity index (χ0v) is 19.0. The quantitative estimate of drug-likeness (QED) is 0.469. The largest absolute Gasteiger partial charge is 0.496 e. The van der Waals surface area contributed by atoms with E-state index in [2.05, 4.69) is 15.6 Å². The lowest BCUT2D eigenvalue weighted by molar-refractivity contribution is -0.132. The molecular weight excluding hydrogens is 438 g/mol. The highest BCUT2D eigenvalue weighted by Crippen LogP contribution is 2.50. The number of hydrogen-bond acceptors (Lipinski definition) is 5. The SMILES string of the molecule is COc1cccc2[nH]c(C(=O)N3C[C@@H]4C[C@@H]4[C@H]3C(=O)N[C@@H](C[C@@H]3CCCNC3=O)C(N)=O)cc12. The van der Waals surface area contributed by atoms with E-state index in [1.54, 1.807) is 18.1 Å². The number of carbonyl (C=O) groups excluding carboxylic acids is 4. The number of aromatic nitrogens is 1. The molecule has 10 heteroatoms. The highest BCUT2D eigenvalue weighted by atomic mass is 16.5. The van der Waals surface area contributed by atoms with Crippen LogP contribution in [0.25, 0.3) is 10.9 Å². The smallest absolute Gasteiger partial charge is 0.271 e. The van der Waals surface area contributed by atoms with Crippen molar-refractivity contribution in [2.24, 2.45) is 23.5 Å². The summed E-state index contributed by atoms with van der Waals surface area (Å²) in [5.41, 5.74) is 6.71. The number of piperidine rings is 2. The van der Waals surface area contributed by atoms with Crippen LogP contribution >= 0.6 is 0 Å². The number of aromatic amines is 1. The third kappa shape index (κ3) is 3.97. The van der Waals surface area contributed by atoms with Crippen molar-refractivity contribution in [1.29, 1.82) is 0 Å². The third-order valence-corrected chi connectivity index (χ3v) is 7.33. The number of hydrogen-bond donors (Lipinski definition) is 4. The number of fused-ring (bicyclic) bond motifs is 2. The Balaban J connectivity index is 1.33. The van der Waals surface area contributed by atoms with Gasteiger partial charge in [-0.25, -0.2) is 0 Å². The number of rotatable bonds is 7. The molecule has 10 nitrogen and oxygen atoms in total. The highest BCUT2D eigenvalue weighted by Gasteiger charge is 2.57. The Hall–Kier alpha value is -3.56. The number of nitrogens with one attached hydrogen (secondary N) is 3. The number of amides is 4. The predicted molar refractivity (Wildman–Crippen MR) is 123 cm³/mol. The molecular formula is C24H29N5O5. The van der Waals surface area contributed by atoms with E-state index in [0.29, 0.717) is 31.0 Å². The second-order valence-corrected chi connectivity index (χ2v) is 9.50. The molecule has 3 heterocycles. The fourth-order valence-electron chi connectivity index (χ4n) is 5.43. The Morgan fingerprint density at radius 3 is 2.88 bits per heavy atom. The van der Waals surface area contributed by atoms with Crippen LogP contribution in [-0.4, -0.2) is 65.8 Å². The van der Waals surface area contributed by atoms with Crippen molar-refractivity contribution < 1.29 is 23.9 Å². The van der Waals surface area contributed by atoms with Crippen molar-refractivity contribution in [3.63, 3.8) is 0 Å². The van der Waals surface area contributed by atoms with Gasteiger partial charge in [0.05, 0.1) is 7.11 Å². The maximum absolute atomic E-state index is 13.4. The summed E-state index contributed by atoms with van der Waals surface area (Å²) < 4.78 is 5.38. The summed E-state index contributed by atoms with van der Waals surface area (Å²) in [4.78, 5) is 55.6. The van der Waals surface area contributed by atoms with Crippen LogP contribution in [0.3, 0.4) is 0 Å². The number of ether oxygens (including phenoxy) is 1. The summed E-state index contributed by atoms with van der Waals surface area (Å²) in [7, 11) is 1.57. The fraction of sp³-hybridized carbons (Fsp3) is 0.500. The van der Waals surface area contributed by atoms with Crippen LogP contribution in [0.1, 0.15) is 36.2 Å². The maximum Gasteiger partial charge on any atom is 0.271 e. The average molecular weight is 468 g/mol. The van der Waals surface area contributed by atoms with E-state index in [0.717, 1.165) is 23.7 Å². The van der Waals surface area contributed by atoms with Crippen molar-refractivity contribution >= 4 is 34.5 Å². The van der Waals surface area contributed by atoms with Crippen molar-refractivity contribution in [3.8, 4) is 5.75 Å². The van der Waals surface area contributed by atoms with Gasteiger partial charge < -0.3 is 31.0 Å². The van der Waals surface area contributed by atoms with Crippen molar-refractivity contribution in [2.45, 2.75) is 37.8 Å². The van der Waals surface area contributed by atoms with Crippen LogP contribution in [0.4, 0.5) is 0 Å². The molecule has 5 rings (SSSR count). The molecule has 0 radical (unpaired) electrons. The standard InChI is InChI=1S/C24H29N5O5/c1-34-19-6-2-5-16-15(19)10-18(27-16)24(33)29-11-13-8-14(13)20(29)23(32)28-17(21(25)30)9-12-4-3-7-26-22(12)31/h2,5-6,10,12-14,17,20,27H,3-4,7-9,11H2,1H3,(H2,25,30)(H,26,31)(H,28,32)/t12-,13-,14-,17-,20-/m0/s1. The van der Waals surface area contributed by atoms with Crippen molar-refractivity contribution in [1.82, 2.24) is 20.5 Å². The molecule has 34 heavy (non-hydrogen) atoms. The van der Waals surface area contributed by atoms with E-state index in [-0.39, 0.29) is 36.0 Å². The monoisotopic (exact) mass is 467 g/mol. The van der Waals surface area contributed by atoms with Crippen molar-refractivity contribution in [2.75, 3.05) is 20.2 Å². The van der Waals surface area contributed by atoms with Gasteiger partial charge in [0.15, 0.2) is 0 Å². The molecule has 2 aromatic rings. The summed E-state index contributed by atoms with van der Waals surface area (Å²) in [5, 5.41) is 6.33. The van der Waals surface area contributed by atoms with Crippen LogP contribution in [0.5, 0.6) is 5.75 Å². The summed E-state index contributed by atoms with van der Waals surface area (Å²) >= 11 is 0. The van der Waals surface area contributed by atoms with E-state index in [1.807, 2.05) is 18.2 Å². The number of carbonyl (C=O) groups is 4. The minimum absolute atomic E-state index is 0.0642. The molecule has 3 fully saturated rings. The van der Waals surface area contributed by atoms with Crippen LogP contribution < -0.4 is 21.1 Å². The molecule has 2 saturated heterocycles. The molecule has 0 bridgehead atoms. The lowest BCUT2D eigenvalue weighted by Gasteiger charge is -2.29. The zero-order chi connectivity index (χ0) is 24.0. The first-order valence-corrected chi connectivity index (χ1v) is 11.7. The van der Waals surface area contributed by atoms with Gasteiger partial charge in [-0.2, -0.15) is 0 Å². The molecule has 180 valence electrons. The average Bonchev–Trinajstić information content (AvgIpc) is 3.27. The van der Waals surface area contributed by atoms with E-state index < -0.39 is 23.9 Å². The van der Waals surface area contributed by atoms with Crippen LogP contribution in [0.15, 0.2) is 24.3 Å². The minimum Gasteiger partial charge on any atom is -0.496 e. The van der Waals surface area contributed by atoms with Crippen LogP contribution in [0, 0.1) is 17.8 Å². The van der Waals surface area contributed by atoms with Gasteiger partial charge in [0.25, 0.3) is 5.91 Å². The minimum atomic E-state index is -0.964. The Labute approximate surface area is 196 Å². The van der Waals surface area contributed by atoms with E-state index in [4.69, 9.17) is 10.5 Å². The number of nitrogens with zero attached hydrogens (tertiary/aromatic N) is 1. The van der Waals surface area contributed by atoms with Gasteiger partial charge in [-0.3, -0.25) is 19.2 Å². The Morgan fingerprint density at radius 2 is 2.15 bits per heavy atom. The molecule has 0 unspecified atom stereocenters. The second-order valence-electron chi connectivity index (χ2n) is 9.50. The molecule has 4 amide bonds. The first kappa shape index (κ1) is 22.2. The summed E-state index contributed by atoms with van der Waals surface area (Å²) in [6.07, 6.45) is 2.49. The van der Waals surface area contributed by atoms with E-state index in [1.165, 1.54) is 0 Å². The lowest BCUT2D eigenvalue weighted by Crippen LogP contribution is -2.54. The topological polar surface area (TPSA) is 147 Å². The van der Waals surface area contributed by atoms with Gasteiger partial charge in [-0.15, -0.1) is 0 Å². The number of primary amides is 1. The number of benzene rings is 1. The van der Waals surface area contributed by atoms with E-state index >= 15 is 0 Å². The molecule has 1 aliphatic carbocycles. The Morgan fingerprint density at radius 1 is 1.32 bits per heavy atom. The molecule has 1 aromatic heterocycles. The Bertz CT molecular complexity index is 1160. The first-order chi connectivity index (χ1) is 16.4. The molecule has 2 aliphatic heterocycles. The lowest BCUT2D eigenvalue weighted by atomic mass is 9.91. The maximum atomic E-state index is 13.4. The van der Waals surface area contributed by atoms with Crippen LogP contribution in [-0.2, 0) is 14.4 Å². The highest BCUT2D eigenvalue weighted by molar-refractivity contribution is 6.02. The fourth-order valence-corrected chi connectivity index (χ4v) is 5.43. The first-order valence-electron chi connectivity index (χ1n) is 11.7. The molecule has 3 aliphatic rings. The second kappa shape index (κ2) is 8.66. The summed E-state index contributed by atoms with van der Waals surface area (Å²) in [6, 6.07) is 5.62. The van der Waals surface area contributed by atoms with E-state index in [9.17, 15) is 19.2 Å². The number of likely N-dealkylation sites (tertiary alicyclic amines) is 1. The molecule has 1 saturated carbocycles. The normalized spacial score (nSPS) is 26.5. The van der Waals surface area contributed by atoms with Gasteiger partial charge >= 0.3 is 0 Å². The predicted octanol–water partition coefficient (Wildman–Crippen LogP) is 0.523. The molecule has 5 N–H and O–H groups in total. The zero-order valence-electron chi connectivity index (χ0n) is 19.0. The third-order valence-electron chi connectivity index (χ3n) is 7.33. The number of nitrogens with two attached hydrogens (primary N) is 1. The Kier molecular flexibility index (Phi) is 5.66. The van der Waals surface area contributed by atoms with Crippen LogP contribution in [0.2, 0.25) is 0 Å². The van der Waals surface area contributed by atoms with Gasteiger partial charge in [0, 0.05) is 29.9 Å². The molecule has 5 atom stereocenters. The number of H-pyrrole nitrogens is 1. The number of methoxy groups -OCH3 is 1. The van der Waals surface area contributed by atoms with Gasteiger partial charge in [0.1, 0.15) is 23.5 Å². The molecule has 1 aromatic carbocycles. The van der Waals surface area contributed by atoms with Gasteiger partial charge in [-0.05, 0) is 55.7 Å². The molecule has 0 spiro atoms.